The summed E-state index contributed by atoms with van der Waals surface area (Å²) in [5.74, 6) is -0.778. The molecule has 136 valence electrons. The maximum Gasteiger partial charge on any atom is 0.417 e. The average Bonchev–Trinajstić information content (AvgIpc) is 2.82. The Kier molecular flexibility index (Phi) is 5.18. The third-order valence-corrected chi connectivity index (χ3v) is 4.51. The second-order valence-corrected chi connectivity index (χ2v) is 6.88. The van der Waals surface area contributed by atoms with Crippen LogP contribution in [0.5, 0.6) is 0 Å². The smallest absolute Gasteiger partial charge is 0.276 e. The van der Waals surface area contributed by atoms with Gasteiger partial charge in [0.1, 0.15) is 6.54 Å². The van der Waals surface area contributed by atoms with Crippen molar-refractivity contribution in [2.75, 3.05) is 0 Å². The van der Waals surface area contributed by atoms with Crippen molar-refractivity contribution in [3.05, 3.63) is 47.3 Å². The second-order valence-electron chi connectivity index (χ2n) is 5.23. The van der Waals surface area contributed by atoms with Crippen molar-refractivity contribution < 1.29 is 26.4 Å². The van der Waals surface area contributed by atoms with Gasteiger partial charge in [0.25, 0.3) is 15.9 Å². The Bertz CT molecular complexity index is 891. The number of alkyl halides is 3. The van der Waals surface area contributed by atoms with Gasteiger partial charge in [0.2, 0.25) is 0 Å². The first-order valence-electron chi connectivity index (χ1n) is 6.98. The lowest BCUT2D eigenvalue weighted by Gasteiger charge is -2.14. The molecule has 7 nitrogen and oxygen atoms in total. The van der Waals surface area contributed by atoms with Crippen molar-refractivity contribution in [3.63, 3.8) is 0 Å². The number of nitrogens with zero attached hydrogens (tertiary/aromatic N) is 2. The molecule has 11 heteroatoms. The molecule has 0 fully saturated rings. The van der Waals surface area contributed by atoms with E-state index in [1.165, 1.54) is 4.68 Å². The summed E-state index contributed by atoms with van der Waals surface area (Å²) in [7, 11) is -4.60. The molecule has 0 aliphatic heterocycles. The minimum atomic E-state index is -4.85. The van der Waals surface area contributed by atoms with Gasteiger partial charge in [-0.15, -0.1) is 4.83 Å². The molecule has 0 saturated heterocycles. The monoisotopic (exact) mass is 376 g/mol. The van der Waals surface area contributed by atoms with E-state index < -0.39 is 32.6 Å². The van der Waals surface area contributed by atoms with E-state index in [0.29, 0.717) is 17.5 Å². The van der Waals surface area contributed by atoms with Crippen molar-refractivity contribution in [1.82, 2.24) is 20.0 Å². The van der Waals surface area contributed by atoms with Crippen molar-refractivity contribution in [2.24, 2.45) is 0 Å². The molecule has 2 N–H and O–H groups in total. The summed E-state index contributed by atoms with van der Waals surface area (Å²) in [6, 6.07) is 5.40. The van der Waals surface area contributed by atoms with Gasteiger partial charge in [0, 0.05) is 5.69 Å². The molecule has 1 heterocycles. The molecule has 2 aromatic rings. The molecular weight excluding hydrogens is 361 g/mol. The first-order valence-corrected chi connectivity index (χ1v) is 8.47. The molecule has 0 saturated carbocycles. The zero-order valence-electron chi connectivity index (χ0n) is 13.3. The molecule has 0 radical (unpaired) electrons. The highest BCUT2D eigenvalue weighted by atomic mass is 32.2. The van der Waals surface area contributed by atoms with E-state index in [2.05, 4.69) is 5.10 Å². The predicted molar refractivity (Wildman–Crippen MR) is 81.6 cm³/mol. The fourth-order valence-corrected chi connectivity index (χ4v) is 3.21. The number of hydrogen-bond acceptors (Lipinski definition) is 4. The van der Waals surface area contributed by atoms with Crippen LogP contribution in [-0.2, 0) is 27.5 Å². The van der Waals surface area contributed by atoms with Gasteiger partial charge in [-0.3, -0.25) is 14.9 Å². The third kappa shape index (κ3) is 4.57. The topological polar surface area (TPSA) is 93.1 Å². The fourth-order valence-electron chi connectivity index (χ4n) is 2.12. The van der Waals surface area contributed by atoms with Crippen molar-refractivity contribution >= 4 is 15.9 Å². The van der Waals surface area contributed by atoms with Crippen molar-refractivity contribution in [2.45, 2.75) is 31.5 Å². The standard InChI is InChI=1S/C14H15F3N4O3S/c1-9-7-10(2)21(19-9)8-13(22)18-20-25(23,24)12-6-4-3-5-11(12)14(15,16)17/h3-7,20H,8H2,1-2H3,(H,18,22). The van der Waals surface area contributed by atoms with E-state index >= 15 is 0 Å². The number of hydrogen-bond donors (Lipinski definition) is 2. The molecule has 0 atom stereocenters. The van der Waals surface area contributed by atoms with Crippen LogP contribution in [-0.4, -0.2) is 24.1 Å². The first-order chi connectivity index (χ1) is 11.5. The highest BCUT2D eigenvalue weighted by Crippen LogP contribution is 2.33. The van der Waals surface area contributed by atoms with Gasteiger partial charge in [-0.25, -0.2) is 8.42 Å². The van der Waals surface area contributed by atoms with Gasteiger partial charge >= 0.3 is 6.18 Å². The molecule has 0 unspecified atom stereocenters. The number of halogens is 3. The predicted octanol–water partition coefficient (Wildman–Crippen LogP) is 1.53. The maximum absolute atomic E-state index is 12.9. The molecule has 0 aliphatic rings. The number of nitrogens with one attached hydrogen (secondary N) is 2. The van der Waals surface area contributed by atoms with Gasteiger partial charge in [-0.2, -0.15) is 18.3 Å². The lowest BCUT2D eigenvalue weighted by molar-refractivity contribution is -0.139. The highest BCUT2D eigenvalue weighted by molar-refractivity contribution is 7.89. The van der Waals surface area contributed by atoms with Crippen LogP contribution in [0.2, 0.25) is 0 Å². The SMILES string of the molecule is Cc1cc(C)n(CC(=O)NNS(=O)(=O)c2ccccc2C(F)(F)F)n1. The molecule has 0 bridgehead atoms. The summed E-state index contributed by atoms with van der Waals surface area (Å²) >= 11 is 0. The Labute approximate surface area is 141 Å². The van der Waals surface area contributed by atoms with E-state index in [-0.39, 0.29) is 6.54 Å². The minimum Gasteiger partial charge on any atom is -0.276 e. The van der Waals surface area contributed by atoms with Crippen LogP contribution in [0.1, 0.15) is 17.0 Å². The van der Waals surface area contributed by atoms with Crippen molar-refractivity contribution in [1.29, 1.82) is 0 Å². The minimum absolute atomic E-state index is 0.289. The Morgan fingerprint density at radius 3 is 2.44 bits per heavy atom. The summed E-state index contributed by atoms with van der Waals surface area (Å²) in [5.41, 5.74) is 1.91. The second kappa shape index (κ2) is 6.84. The van der Waals surface area contributed by atoms with Gasteiger partial charge in [-0.1, -0.05) is 12.1 Å². The van der Waals surface area contributed by atoms with Crippen molar-refractivity contribution in [3.8, 4) is 0 Å². The van der Waals surface area contributed by atoms with Crippen LogP contribution in [0.3, 0.4) is 0 Å². The van der Waals surface area contributed by atoms with Gasteiger partial charge in [0.15, 0.2) is 0 Å². The van der Waals surface area contributed by atoms with E-state index in [0.717, 1.165) is 18.2 Å². The molecule has 1 aromatic heterocycles. The van der Waals surface area contributed by atoms with Crippen LogP contribution < -0.4 is 10.3 Å². The summed E-state index contributed by atoms with van der Waals surface area (Å²) in [5, 5.41) is 4.03. The number of carbonyl (C=O) groups is 1. The molecule has 0 aliphatic carbocycles. The van der Waals surface area contributed by atoms with Gasteiger partial charge in [0.05, 0.1) is 16.2 Å². The van der Waals surface area contributed by atoms with Gasteiger partial charge < -0.3 is 0 Å². The zero-order valence-corrected chi connectivity index (χ0v) is 14.1. The van der Waals surface area contributed by atoms with Crippen LogP contribution >= 0.6 is 0 Å². The largest absolute Gasteiger partial charge is 0.417 e. The summed E-state index contributed by atoms with van der Waals surface area (Å²) < 4.78 is 64.3. The van der Waals surface area contributed by atoms with Crippen LogP contribution in [0, 0.1) is 13.8 Å². The fraction of sp³-hybridized carbons (Fsp3) is 0.286. The zero-order chi connectivity index (χ0) is 18.8. The molecule has 1 amide bonds. The van der Waals surface area contributed by atoms with Crippen LogP contribution in [0.15, 0.2) is 35.2 Å². The summed E-state index contributed by atoms with van der Waals surface area (Å²) in [6.07, 6.45) is -4.85. The molecule has 25 heavy (non-hydrogen) atoms. The van der Waals surface area contributed by atoms with E-state index in [9.17, 15) is 26.4 Å². The number of aryl methyl sites for hydroxylation is 2. The summed E-state index contributed by atoms with van der Waals surface area (Å²) in [6.45, 7) is 3.14. The quantitative estimate of drug-likeness (QED) is 0.774. The Morgan fingerprint density at radius 1 is 1.24 bits per heavy atom. The third-order valence-electron chi connectivity index (χ3n) is 3.20. The number of carbonyl (C=O) groups excluding carboxylic acids is 1. The number of rotatable bonds is 5. The van der Waals surface area contributed by atoms with E-state index in [1.807, 2.05) is 5.43 Å². The average molecular weight is 376 g/mol. The molecule has 0 spiro atoms. The number of amides is 1. The maximum atomic E-state index is 12.9. The summed E-state index contributed by atoms with van der Waals surface area (Å²) in [4.78, 5) is 12.5. The van der Waals surface area contributed by atoms with Crippen LogP contribution in [0.4, 0.5) is 13.2 Å². The molecule has 2 rings (SSSR count). The Morgan fingerprint density at radius 2 is 1.88 bits per heavy atom. The van der Waals surface area contributed by atoms with Gasteiger partial charge in [-0.05, 0) is 32.0 Å². The number of benzene rings is 1. The highest BCUT2D eigenvalue weighted by Gasteiger charge is 2.36. The number of aromatic nitrogens is 2. The first kappa shape index (κ1) is 18.9. The number of sulfonamides is 1. The lowest BCUT2D eigenvalue weighted by Crippen LogP contribution is -2.43. The van der Waals surface area contributed by atoms with Crippen LogP contribution in [0.25, 0.3) is 0 Å². The normalized spacial score (nSPS) is 12.2. The molecular formula is C14H15F3N4O3S. The van der Waals surface area contributed by atoms with E-state index in [1.54, 1.807) is 24.7 Å². The Balaban J connectivity index is 2.12. The Hall–Kier alpha value is -2.40. The molecule has 1 aromatic carbocycles. The lowest BCUT2D eigenvalue weighted by atomic mass is 10.2. The number of hydrazine groups is 1. The van der Waals surface area contributed by atoms with E-state index in [4.69, 9.17) is 0 Å².